The topological polar surface area (TPSA) is 85.0 Å². The predicted octanol–water partition coefficient (Wildman–Crippen LogP) is 2.20. The molecule has 1 heterocycles. The maximum absolute atomic E-state index is 11.8. The average Bonchev–Trinajstić information content (AvgIpc) is 2.93. The highest BCUT2D eigenvalue weighted by Crippen LogP contribution is 2.14. The summed E-state index contributed by atoms with van der Waals surface area (Å²) in [7, 11) is 1.84. The first-order valence-corrected chi connectivity index (χ1v) is 7.94. The zero-order chi connectivity index (χ0) is 16.7. The van der Waals surface area contributed by atoms with Crippen molar-refractivity contribution in [2.45, 2.75) is 19.8 Å². The van der Waals surface area contributed by atoms with Gasteiger partial charge in [0.05, 0.1) is 11.4 Å². The molecule has 2 rings (SSSR count). The van der Waals surface area contributed by atoms with Crippen molar-refractivity contribution in [3.05, 3.63) is 42.1 Å². The Kier molecular flexibility index (Phi) is 10.9. The van der Waals surface area contributed by atoms with Crippen molar-refractivity contribution in [1.29, 1.82) is 0 Å². The number of carbonyl (C=O) groups excluding carboxylic acids is 1. The first-order chi connectivity index (χ1) is 11.1. The lowest BCUT2D eigenvalue weighted by molar-refractivity contribution is -0.124. The van der Waals surface area contributed by atoms with Crippen LogP contribution in [0, 0.1) is 5.92 Å². The van der Waals surface area contributed by atoms with Crippen LogP contribution < -0.4 is 16.4 Å². The summed E-state index contributed by atoms with van der Waals surface area (Å²) in [5, 5.41) is 10.5. The number of nitrogens with zero attached hydrogens (tertiary/aromatic N) is 2. The van der Waals surface area contributed by atoms with E-state index in [4.69, 9.17) is 5.73 Å². The lowest BCUT2D eigenvalue weighted by atomic mass is 10.1. The minimum absolute atomic E-state index is 0. The van der Waals surface area contributed by atoms with Gasteiger partial charge in [-0.25, -0.2) is 4.68 Å². The molecule has 25 heavy (non-hydrogen) atoms. The molecule has 0 bridgehead atoms. The number of hydrogen-bond donors (Lipinski definition) is 3. The van der Waals surface area contributed by atoms with E-state index in [1.807, 2.05) is 50.4 Å². The minimum atomic E-state index is -0.0204. The smallest absolute Gasteiger partial charge is 0.224 e. The Hall–Kier alpha value is -1.76. The third-order valence-electron chi connectivity index (χ3n) is 3.66. The summed E-state index contributed by atoms with van der Waals surface area (Å²) in [5.41, 5.74) is 7.91. The van der Waals surface area contributed by atoms with Gasteiger partial charge in [-0.05, 0) is 32.0 Å². The third kappa shape index (κ3) is 6.94. The van der Waals surface area contributed by atoms with Crippen LogP contribution in [0.15, 0.2) is 36.4 Å². The molecule has 0 fully saturated rings. The molecule has 0 aliphatic carbocycles. The van der Waals surface area contributed by atoms with E-state index in [0.717, 1.165) is 24.2 Å². The zero-order valence-electron chi connectivity index (χ0n) is 14.6. The van der Waals surface area contributed by atoms with Gasteiger partial charge in [0.25, 0.3) is 0 Å². The fourth-order valence-electron chi connectivity index (χ4n) is 2.40. The largest absolute Gasteiger partial charge is 0.384 e. The summed E-state index contributed by atoms with van der Waals surface area (Å²) >= 11 is 0. The molecule has 1 aromatic carbocycles. The van der Waals surface area contributed by atoms with Crippen LogP contribution in [0.5, 0.6) is 0 Å². The third-order valence-corrected chi connectivity index (χ3v) is 3.66. The van der Waals surface area contributed by atoms with E-state index in [1.54, 1.807) is 4.68 Å². The average molecular weight is 388 g/mol. The molecule has 0 saturated heterocycles. The molecule has 0 saturated carbocycles. The second kappa shape index (κ2) is 11.7. The van der Waals surface area contributed by atoms with Gasteiger partial charge in [-0.15, -0.1) is 24.8 Å². The number of benzene rings is 1. The standard InChI is InChI=1S/C17H25N5O.2ClH/c1-13(12-19-2)17(23)20-10-6-7-14-11-16(18)22(21-14)15-8-4-3-5-9-15;;/h3-5,8-9,11,13,19H,6-7,10,12,18H2,1-2H3,(H,20,23);2*1H. The fraction of sp³-hybridized carbons (Fsp3) is 0.412. The van der Waals surface area contributed by atoms with Gasteiger partial charge in [-0.1, -0.05) is 25.1 Å². The number of anilines is 1. The lowest BCUT2D eigenvalue weighted by Gasteiger charge is -2.10. The van der Waals surface area contributed by atoms with Crippen molar-refractivity contribution in [2.75, 3.05) is 25.9 Å². The lowest BCUT2D eigenvalue weighted by Crippen LogP contribution is -2.34. The number of hydrogen-bond acceptors (Lipinski definition) is 4. The highest BCUT2D eigenvalue weighted by Gasteiger charge is 2.11. The Balaban J connectivity index is 0.00000288. The molecular formula is C17H27Cl2N5O. The molecule has 140 valence electrons. The Bertz CT molecular complexity index is 633. The zero-order valence-corrected chi connectivity index (χ0v) is 16.2. The molecule has 8 heteroatoms. The first-order valence-electron chi connectivity index (χ1n) is 7.94. The number of carbonyl (C=O) groups is 1. The fourth-order valence-corrected chi connectivity index (χ4v) is 2.40. The molecular weight excluding hydrogens is 361 g/mol. The van der Waals surface area contributed by atoms with Crippen molar-refractivity contribution >= 4 is 36.5 Å². The minimum Gasteiger partial charge on any atom is -0.384 e. The van der Waals surface area contributed by atoms with Gasteiger partial charge in [-0.2, -0.15) is 5.10 Å². The van der Waals surface area contributed by atoms with Crippen molar-refractivity contribution in [3.63, 3.8) is 0 Å². The number of nitrogen functional groups attached to an aromatic ring is 1. The van der Waals surface area contributed by atoms with Crippen molar-refractivity contribution < 1.29 is 4.79 Å². The van der Waals surface area contributed by atoms with Crippen LogP contribution in [0.25, 0.3) is 5.69 Å². The Labute approximate surface area is 161 Å². The summed E-state index contributed by atoms with van der Waals surface area (Å²) in [4.78, 5) is 11.8. The SMILES string of the molecule is CNCC(C)C(=O)NCCCc1cc(N)n(-c2ccccc2)n1.Cl.Cl. The van der Waals surface area contributed by atoms with E-state index in [0.29, 0.717) is 18.9 Å². The van der Waals surface area contributed by atoms with Crippen LogP contribution in [0.1, 0.15) is 19.0 Å². The molecule has 0 aliphatic rings. The van der Waals surface area contributed by atoms with Crippen molar-refractivity contribution in [3.8, 4) is 5.69 Å². The van der Waals surface area contributed by atoms with Gasteiger partial charge in [0.15, 0.2) is 0 Å². The van der Waals surface area contributed by atoms with E-state index in [-0.39, 0.29) is 36.6 Å². The van der Waals surface area contributed by atoms with Crippen LogP contribution >= 0.6 is 24.8 Å². The molecule has 2 aromatic rings. The molecule has 1 aromatic heterocycles. The Morgan fingerprint density at radius 1 is 1.28 bits per heavy atom. The van der Waals surface area contributed by atoms with E-state index in [9.17, 15) is 4.79 Å². The van der Waals surface area contributed by atoms with Crippen molar-refractivity contribution in [1.82, 2.24) is 20.4 Å². The Morgan fingerprint density at radius 2 is 1.96 bits per heavy atom. The van der Waals surface area contributed by atoms with Gasteiger partial charge < -0.3 is 16.4 Å². The number of amides is 1. The number of nitrogens with one attached hydrogen (secondary N) is 2. The van der Waals surface area contributed by atoms with Crippen LogP contribution in [-0.4, -0.2) is 35.8 Å². The number of nitrogens with two attached hydrogens (primary N) is 1. The number of para-hydroxylation sites is 1. The van der Waals surface area contributed by atoms with Gasteiger partial charge in [0.2, 0.25) is 5.91 Å². The van der Waals surface area contributed by atoms with E-state index in [1.165, 1.54) is 0 Å². The Morgan fingerprint density at radius 3 is 2.60 bits per heavy atom. The van der Waals surface area contributed by atoms with Gasteiger partial charge in [0.1, 0.15) is 5.82 Å². The second-order valence-electron chi connectivity index (χ2n) is 5.66. The molecule has 0 spiro atoms. The quantitative estimate of drug-likeness (QED) is 0.606. The molecule has 1 amide bonds. The highest BCUT2D eigenvalue weighted by molar-refractivity contribution is 5.85. The van der Waals surface area contributed by atoms with Crippen molar-refractivity contribution in [2.24, 2.45) is 5.92 Å². The summed E-state index contributed by atoms with van der Waals surface area (Å²) in [6.45, 7) is 3.24. The maximum atomic E-state index is 11.8. The molecule has 0 radical (unpaired) electrons. The van der Waals surface area contributed by atoms with E-state index >= 15 is 0 Å². The molecule has 1 unspecified atom stereocenters. The first kappa shape index (κ1) is 23.2. The highest BCUT2D eigenvalue weighted by atomic mass is 35.5. The number of aromatic nitrogens is 2. The van der Waals surface area contributed by atoms with Gasteiger partial charge in [-0.3, -0.25) is 4.79 Å². The van der Waals surface area contributed by atoms with Gasteiger partial charge in [0, 0.05) is 25.1 Å². The number of halogens is 2. The van der Waals surface area contributed by atoms with Crippen LogP contribution in [0.2, 0.25) is 0 Å². The van der Waals surface area contributed by atoms with E-state index < -0.39 is 0 Å². The van der Waals surface area contributed by atoms with E-state index in [2.05, 4.69) is 15.7 Å². The second-order valence-corrected chi connectivity index (χ2v) is 5.66. The molecule has 1 atom stereocenters. The molecule has 4 N–H and O–H groups in total. The predicted molar refractivity (Wildman–Crippen MR) is 107 cm³/mol. The maximum Gasteiger partial charge on any atom is 0.224 e. The normalized spacial score (nSPS) is 11.1. The van der Waals surface area contributed by atoms with Crippen LogP contribution in [-0.2, 0) is 11.2 Å². The summed E-state index contributed by atoms with van der Waals surface area (Å²) in [6, 6.07) is 11.7. The monoisotopic (exact) mass is 387 g/mol. The molecule has 0 aliphatic heterocycles. The molecule has 6 nitrogen and oxygen atoms in total. The summed E-state index contributed by atoms with van der Waals surface area (Å²) in [6.07, 6.45) is 1.62. The number of rotatable bonds is 8. The van der Waals surface area contributed by atoms with Crippen LogP contribution in [0.3, 0.4) is 0 Å². The van der Waals surface area contributed by atoms with Crippen LogP contribution in [0.4, 0.5) is 5.82 Å². The van der Waals surface area contributed by atoms with Gasteiger partial charge >= 0.3 is 0 Å². The number of aryl methyl sites for hydroxylation is 1. The summed E-state index contributed by atoms with van der Waals surface area (Å²) in [5.74, 6) is 0.680. The summed E-state index contributed by atoms with van der Waals surface area (Å²) < 4.78 is 1.74.